The van der Waals surface area contributed by atoms with E-state index >= 15 is 0 Å². The van der Waals surface area contributed by atoms with Crippen molar-refractivity contribution in [2.24, 2.45) is 0 Å². The van der Waals surface area contributed by atoms with E-state index in [1.165, 1.54) is 0 Å². The molecule has 2 atom stereocenters. The summed E-state index contributed by atoms with van der Waals surface area (Å²) in [6.07, 6.45) is 3.94. The van der Waals surface area contributed by atoms with Gasteiger partial charge in [-0.15, -0.1) is 0 Å². The molecular weight excluding hydrogens is 480 g/mol. The van der Waals surface area contributed by atoms with Crippen LogP contribution in [0.5, 0.6) is 0 Å². The summed E-state index contributed by atoms with van der Waals surface area (Å²) in [5.41, 5.74) is 6.15. The maximum absolute atomic E-state index is 12.8. The number of aryl methyl sites for hydroxylation is 2. The number of nitrogens with zero attached hydrogens (tertiary/aromatic N) is 4. The topological polar surface area (TPSA) is 75.1 Å². The van der Waals surface area contributed by atoms with Crippen molar-refractivity contribution in [2.75, 3.05) is 11.9 Å². The van der Waals surface area contributed by atoms with E-state index in [9.17, 15) is 4.79 Å². The molecule has 37 heavy (non-hydrogen) atoms. The Bertz CT molecular complexity index is 1420. The molecule has 1 fully saturated rings. The van der Waals surface area contributed by atoms with Gasteiger partial charge in [0.15, 0.2) is 5.11 Å². The van der Waals surface area contributed by atoms with Crippen LogP contribution >= 0.6 is 12.2 Å². The molecule has 8 heteroatoms. The molecule has 3 aromatic heterocycles. The number of anilines is 1. The van der Waals surface area contributed by atoms with Gasteiger partial charge >= 0.3 is 0 Å². The molecule has 5 rings (SSSR count). The fourth-order valence-electron chi connectivity index (χ4n) is 5.03. The van der Waals surface area contributed by atoms with Gasteiger partial charge in [0.05, 0.1) is 17.8 Å². The van der Waals surface area contributed by atoms with Gasteiger partial charge in [0, 0.05) is 42.4 Å². The van der Waals surface area contributed by atoms with Crippen LogP contribution in [0.1, 0.15) is 46.7 Å². The fourth-order valence-corrected chi connectivity index (χ4v) is 5.37. The number of nitrogens with one attached hydrogen (secondary N) is 2. The van der Waals surface area contributed by atoms with Gasteiger partial charge in [-0.2, -0.15) is 0 Å². The molecule has 0 radical (unpaired) electrons. The van der Waals surface area contributed by atoms with Gasteiger partial charge in [0.2, 0.25) is 5.91 Å². The summed E-state index contributed by atoms with van der Waals surface area (Å²) < 4.78 is 2.18. The minimum absolute atomic E-state index is 0.0523. The Kier molecular flexibility index (Phi) is 7.01. The first kappa shape index (κ1) is 24.6. The number of aromatic nitrogens is 3. The Hall–Kier alpha value is -4.04. The highest BCUT2D eigenvalue weighted by atomic mass is 32.1. The maximum Gasteiger partial charge on any atom is 0.226 e. The van der Waals surface area contributed by atoms with Crippen molar-refractivity contribution < 1.29 is 4.79 Å². The predicted octanol–water partition coefficient (Wildman–Crippen LogP) is 5.19. The summed E-state index contributed by atoms with van der Waals surface area (Å²) in [5.74, 6) is 0.835. The Morgan fingerprint density at radius 3 is 2.51 bits per heavy atom. The molecule has 2 N–H and O–H groups in total. The largest absolute Gasteiger partial charge is 0.352 e. The highest BCUT2D eigenvalue weighted by Gasteiger charge is 2.41. The Morgan fingerprint density at radius 2 is 1.78 bits per heavy atom. The zero-order valence-corrected chi connectivity index (χ0v) is 22.0. The molecule has 1 aliphatic rings. The first-order valence-electron chi connectivity index (χ1n) is 12.4. The van der Waals surface area contributed by atoms with Crippen molar-refractivity contribution in [3.05, 3.63) is 107 Å². The third kappa shape index (κ3) is 5.11. The number of rotatable bonds is 7. The molecule has 0 aliphatic carbocycles. The van der Waals surface area contributed by atoms with Crippen LogP contribution in [-0.2, 0) is 4.79 Å². The number of benzene rings is 1. The van der Waals surface area contributed by atoms with E-state index < -0.39 is 0 Å². The van der Waals surface area contributed by atoms with Crippen molar-refractivity contribution in [2.45, 2.75) is 39.3 Å². The van der Waals surface area contributed by atoms with Crippen LogP contribution in [-0.4, -0.2) is 37.0 Å². The van der Waals surface area contributed by atoms with Crippen molar-refractivity contribution >= 4 is 28.9 Å². The smallest absolute Gasteiger partial charge is 0.226 e. The number of carbonyl (C=O) groups is 1. The standard InChI is InChI=1S/C29H30N6OS/c1-19-12-15-31-25(17-19)35-20(2)18-23(21(35)3)28-27(24-11-7-8-14-30-24)33-29(37)34(28)16-13-26(36)32-22-9-5-4-6-10-22/h4-12,14-15,17-18,27-28H,13,16H2,1-3H3,(H,32,36)(H,33,37). The summed E-state index contributed by atoms with van der Waals surface area (Å²) in [6.45, 7) is 6.75. The van der Waals surface area contributed by atoms with Gasteiger partial charge in [-0.1, -0.05) is 24.3 Å². The monoisotopic (exact) mass is 510 g/mol. The molecule has 4 heterocycles. The molecule has 1 saturated heterocycles. The summed E-state index contributed by atoms with van der Waals surface area (Å²) in [4.78, 5) is 24.2. The normalized spacial score (nSPS) is 17.1. The molecule has 7 nitrogen and oxygen atoms in total. The number of carbonyl (C=O) groups excluding carboxylic acids is 1. The number of para-hydroxylation sites is 1. The van der Waals surface area contributed by atoms with Crippen LogP contribution in [0.15, 0.2) is 79.1 Å². The lowest BCUT2D eigenvalue weighted by Gasteiger charge is -2.28. The van der Waals surface area contributed by atoms with E-state index in [0.717, 1.165) is 39.7 Å². The lowest BCUT2D eigenvalue weighted by Crippen LogP contribution is -2.32. The highest BCUT2D eigenvalue weighted by molar-refractivity contribution is 7.80. The molecule has 188 valence electrons. The van der Waals surface area contributed by atoms with Gasteiger partial charge in [0.1, 0.15) is 5.82 Å². The lowest BCUT2D eigenvalue weighted by molar-refractivity contribution is -0.116. The summed E-state index contributed by atoms with van der Waals surface area (Å²) in [7, 11) is 0. The molecular formula is C29H30N6OS. The van der Waals surface area contributed by atoms with Crippen LogP contribution in [0.3, 0.4) is 0 Å². The van der Waals surface area contributed by atoms with Gasteiger partial charge in [-0.05, 0) is 86.6 Å². The average Bonchev–Trinajstić information content (AvgIpc) is 3.38. The van der Waals surface area contributed by atoms with E-state index in [1.54, 1.807) is 6.20 Å². The number of amides is 1. The Morgan fingerprint density at radius 1 is 1.00 bits per heavy atom. The van der Waals surface area contributed by atoms with E-state index in [2.05, 4.69) is 63.0 Å². The second-order valence-electron chi connectivity index (χ2n) is 9.34. The lowest BCUT2D eigenvalue weighted by atomic mass is 9.96. The molecule has 0 saturated carbocycles. The molecule has 0 bridgehead atoms. The number of hydrogen-bond donors (Lipinski definition) is 2. The SMILES string of the molecule is Cc1ccnc(-n2c(C)cc(C3C(c4ccccn4)NC(=S)N3CCC(=O)Nc3ccccc3)c2C)c1. The maximum atomic E-state index is 12.8. The first-order chi connectivity index (χ1) is 17.9. The second-order valence-corrected chi connectivity index (χ2v) is 9.72. The molecule has 4 aromatic rings. The number of pyridine rings is 2. The zero-order valence-electron chi connectivity index (χ0n) is 21.2. The van der Waals surface area contributed by atoms with E-state index in [4.69, 9.17) is 12.2 Å². The number of thiocarbonyl (C=S) groups is 1. The third-order valence-corrected chi connectivity index (χ3v) is 7.11. The van der Waals surface area contributed by atoms with E-state index in [0.29, 0.717) is 18.1 Å². The van der Waals surface area contributed by atoms with Crippen LogP contribution in [0.2, 0.25) is 0 Å². The average molecular weight is 511 g/mol. The first-order valence-corrected chi connectivity index (χ1v) is 12.8. The van der Waals surface area contributed by atoms with Crippen molar-refractivity contribution in [3.8, 4) is 5.82 Å². The Balaban J connectivity index is 1.48. The number of hydrogen-bond acceptors (Lipinski definition) is 4. The van der Waals surface area contributed by atoms with Crippen LogP contribution in [0.25, 0.3) is 5.82 Å². The predicted molar refractivity (Wildman–Crippen MR) is 150 cm³/mol. The molecule has 1 amide bonds. The molecule has 1 aliphatic heterocycles. The molecule has 1 aromatic carbocycles. The quantitative estimate of drug-likeness (QED) is 0.333. The van der Waals surface area contributed by atoms with Gasteiger partial charge in [-0.3, -0.25) is 9.78 Å². The van der Waals surface area contributed by atoms with Gasteiger partial charge in [0.25, 0.3) is 0 Å². The highest BCUT2D eigenvalue weighted by Crippen LogP contribution is 2.41. The van der Waals surface area contributed by atoms with E-state index in [-0.39, 0.29) is 18.0 Å². The minimum Gasteiger partial charge on any atom is -0.352 e. The summed E-state index contributed by atoms with van der Waals surface area (Å²) in [5, 5.41) is 7.08. The third-order valence-electron chi connectivity index (χ3n) is 6.75. The van der Waals surface area contributed by atoms with Gasteiger partial charge < -0.3 is 20.1 Å². The summed E-state index contributed by atoms with van der Waals surface area (Å²) >= 11 is 5.81. The van der Waals surface area contributed by atoms with Crippen molar-refractivity contribution in [1.29, 1.82) is 0 Å². The second kappa shape index (κ2) is 10.5. The van der Waals surface area contributed by atoms with Crippen molar-refractivity contribution in [1.82, 2.24) is 24.8 Å². The van der Waals surface area contributed by atoms with Crippen molar-refractivity contribution in [3.63, 3.8) is 0 Å². The van der Waals surface area contributed by atoms with Crippen LogP contribution in [0.4, 0.5) is 5.69 Å². The van der Waals surface area contributed by atoms with Gasteiger partial charge in [-0.25, -0.2) is 4.98 Å². The fraction of sp³-hybridized carbons (Fsp3) is 0.241. The molecule has 2 unspecified atom stereocenters. The van der Waals surface area contributed by atoms with Crippen LogP contribution < -0.4 is 10.6 Å². The van der Waals surface area contributed by atoms with E-state index in [1.807, 2.05) is 60.8 Å². The minimum atomic E-state index is -0.148. The zero-order chi connectivity index (χ0) is 25.9. The molecule has 0 spiro atoms. The Labute approximate surface area is 222 Å². The van der Waals surface area contributed by atoms with Crippen LogP contribution in [0, 0.1) is 20.8 Å². The summed E-state index contributed by atoms with van der Waals surface area (Å²) in [6, 6.07) is 21.4.